The van der Waals surface area contributed by atoms with Gasteiger partial charge in [0.1, 0.15) is 0 Å². The lowest BCUT2D eigenvalue weighted by Crippen LogP contribution is -2.60. The average molecular weight is 393 g/mol. The van der Waals surface area contributed by atoms with Crippen molar-refractivity contribution >= 4 is 5.91 Å². The van der Waals surface area contributed by atoms with Gasteiger partial charge in [0.15, 0.2) is 0 Å². The molecule has 3 heteroatoms. The van der Waals surface area contributed by atoms with Gasteiger partial charge in [-0.1, -0.05) is 90.4 Å². The number of carbonyl (C=O) groups is 1. The number of hydrogen-bond donors (Lipinski definition) is 2. The van der Waals surface area contributed by atoms with Crippen LogP contribution in [0.5, 0.6) is 0 Å². The minimum Gasteiger partial charge on any atom is -0.353 e. The molecule has 1 spiro atoms. The first-order valence-corrected chi connectivity index (χ1v) is 12.6. The standard InChI is InChI=1S/C25H48N2O/c1-3-4-5-6-7-8-9-10-11-12-13-14-15-16-17-24(28)27-23-20-25(21-23)18-22(19-25)26-2/h22-23,26H,3-21H2,1-2H3,(H,27,28). The maximum absolute atomic E-state index is 12.1. The Morgan fingerprint density at radius 2 is 1.14 bits per heavy atom. The Morgan fingerprint density at radius 3 is 1.61 bits per heavy atom. The summed E-state index contributed by atoms with van der Waals surface area (Å²) in [5.41, 5.74) is 0.584. The highest BCUT2D eigenvalue weighted by Gasteiger charge is 2.52. The molecule has 0 radical (unpaired) electrons. The topological polar surface area (TPSA) is 41.1 Å². The van der Waals surface area contributed by atoms with Gasteiger partial charge in [0.05, 0.1) is 0 Å². The predicted octanol–water partition coefficient (Wildman–Crippen LogP) is 6.50. The maximum Gasteiger partial charge on any atom is 0.220 e. The largest absolute Gasteiger partial charge is 0.353 e. The Kier molecular flexibility index (Phi) is 11.5. The fourth-order valence-electron chi connectivity index (χ4n) is 5.39. The van der Waals surface area contributed by atoms with Gasteiger partial charge in [-0.3, -0.25) is 4.79 Å². The number of unbranched alkanes of at least 4 members (excludes halogenated alkanes) is 13. The van der Waals surface area contributed by atoms with E-state index in [0.717, 1.165) is 18.9 Å². The van der Waals surface area contributed by atoms with Crippen LogP contribution in [0.3, 0.4) is 0 Å². The van der Waals surface area contributed by atoms with Gasteiger partial charge < -0.3 is 10.6 Å². The molecule has 0 saturated heterocycles. The minimum absolute atomic E-state index is 0.295. The molecule has 3 nitrogen and oxygen atoms in total. The molecule has 2 aliphatic carbocycles. The third-order valence-electron chi connectivity index (χ3n) is 7.25. The summed E-state index contributed by atoms with van der Waals surface area (Å²) in [6.45, 7) is 2.28. The number of carbonyl (C=O) groups excluding carboxylic acids is 1. The normalized spacial score (nSPS) is 26.1. The Hall–Kier alpha value is -0.570. The van der Waals surface area contributed by atoms with Crippen LogP contribution in [0, 0.1) is 5.41 Å². The summed E-state index contributed by atoms with van der Waals surface area (Å²) < 4.78 is 0. The highest BCUT2D eigenvalue weighted by atomic mass is 16.1. The fraction of sp³-hybridized carbons (Fsp3) is 0.960. The highest BCUT2D eigenvalue weighted by molar-refractivity contribution is 5.76. The third-order valence-corrected chi connectivity index (χ3v) is 7.25. The fourth-order valence-corrected chi connectivity index (χ4v) is 5.39. The SMILES string of the molecule is CCCCCCCCCCCCCCCCC(=O)NC1CC2(CC(NC)C2)C1. The summed E-state index contributed by atoms with van der Waals surface area (Å²) in [5, 5.41) is 6.62. The Bertz CT molecular complexity index is 409. The molecule has 0 aromatic heterocycles. The van der Waals surface area contributed by atoms with Crippen molar-refractivity contribution in [1.29, 1.82) is 0 Å². The van der Waals surface area contributed by atoms with E-state index >= 15 is 0 Å². The van der Waals surface area contributed by atoms with E-state index < -0.39 is 0 Å². The molecule has 2 rings (SSSR count). The Morgan fingerprint density at radius 1 is 0.714 bits per heavy atom. The average Bonchev–Trinajstić information content (AvgIpc) is 2.62. The van der Waals surface area contributed by atoms with Crippen molar-refractivity contribution in [3.05, 3.63) is 0 Å². The number of amides is 1. The first-order valence-electron chi connectivity index (χ1n) is 12.6. The van der Waals surface area contributed by atoms with Gasteiger partial charge in [-0.25, -0.2) is 0 Å². The van der Waals surface area contributed by atoms with E-state index in [1.807, 2.05) is 0 Å². The van der Waals surface area contributed by atoms with E-state index in [1.165, 1.54) is 109 Å². The van der Waals surface area contributed by atoms with Gasteiger partial charge >= 0.3 is 0 Å². The summed E-state index contributed by atoms with van der Waals surface area (Å²) in [5.74, 6) is 0.295. The van der Waals surface area contributed by atoms with Crippen LogP contribution in [0.1, 0.15) is 129 Å². The molecule has 0 aromatic rings. The van der Waals surface area contributed by atoms with Crippen LogP contribution in [-0.4, -0.2) is 25.0 Å². The molecular weight excluding hydrogens is 344 g/mol. The zero-order chi connectivity index (χ0) is 20.1. The first kappa shape index (κ1) is 23.7. The molecule has 164 valence electrons. The molecule has 1 amide bonds. The molecule has 0 bridgehead atoms. The van der Waals surface area contributed by atoms with Crippen LogP contribution in [0.4, 0.5) is 0 Å². The van der Waals surface area contributed by atoms with E-state index in [1.54, 1.807) is 0 Å². The minimum atomic E-state index is 0.295. The molecule has 2 aliphatic rings. The van der Waals surface area contributed by atoms with Gasteiger partial charge in [-0.15, -0.1) is 0 Å². The highest BCUT2D eigenvalue weighted by Crippen LogP contribution is 2.55. The molecule has 2 N–H and O–H groups in total. The van der Waals surface area contributed by atoms with Crippen LogP contribution >= 0.6 is 0 Å². The molecule has 0 unspecified atom stereocenters. The summed E-state index contributed by atoms with van der Waals surface area (Å²) in [6, 6.07) is 1.20. The zero-order valence-electron chi connectivity index (χ0n) is 19.0. The number of nitrogens with one attached hydrogen (secondary N) is 2. The van der Waals surface area contributed by atoms with Gasteiger partial charge in [-0.2, -0.15) is 0 Å². The van der Waals surface area contributed by atoms with Crippen molar-refractivity contribution in [3.8, 4) is 0 Å². The van der Waals surface area contributed by atoms with Crippen molar-refractivity contribution in [2.24, 2.45) is 5.41 Å². The third kappa shape index (κ3) is 8.84. The second kappa shape index (κ2) is 13.6. The molecule has 0 aromatic carbocycles. The van der Waals surface area contributed by atoms with Crippen LogP contribution in [0.15, 0.2) is 0 Å². The monoisotopic (exact) mass is 392 g/mol. The lowest BCUT2D eigenvalue weighted by Gasteiger charge is -2.57. The molecule has 2 fully saturated rings. The number of hydrogen-bond acceptors (Lipinski definition) is 2. The van der Waals surface area contributed by atoms with E-state index in [4.69, 9.17) is 0 Å². The first-order chi connectivity index (χ1) is 13.7. The Labute approximate surface area is 175 Å². The maximum atomic E-state index is 12.1. The molecule has 2 saturated carbocycles. The van der Waals surface area contributed by atoms with E-state index in [2.05, 4.69) is 24.6 Å². The van der Waals surface area contributed by atoms with Crippen molar-refractivity contribution < 1.29 is 4.79 Å². The lowest BCUT2D eigenvalue weighted by atomic mass is 9.52. The summed E-state index contributed by atoms with van der Waals surface area (Å²) in [4.78, 5) is 12.1. The van der Waals surface area contributed by atoms with E-state index in [9.17, 15) is 4.79 Å². The Balaban J connectivity index is 1.28. The van der Waals surface area contributed by atoms with Crippen molar-refractivity contribution in [2.45, 2.75) is 141 Å². The quantitative estimate of drug-likeness (QED) is 0.277. The van der Waals surface area contributed by atoms with Gasteiger partial charge in [0.2, 0.25) is 5.91 Å². The van der Waals surface area contributed by atoms with E-state index in [-0.39, 0.29) is 0 Å². The van der Waals surface area contributed by atoms with Crippen molar-refractivity contribution in [3.63, 3.8) is 0 Å². The van der Waals surface area contributed by atoms with Gasteiger partial charge in [0.25, 0.3) is 0 Å². The van der Waals surface area contributed by atoms with Crippen LogP contribution in [-0.2, 0) is 4.79 Å². The van der Waals surface area contributed by atoms with E-state index in [0.29, 0.717) is 17.4 Å². The summed E-state index contributed by atoms with van der Waals surface area (Å²) in [7, 11) is 2.06. The zero-order valence-corrected chi connectivity index (χ0v) is 19.0. The van der Waals surface area contributed by atoms with Crippen LogP contribution in [0.25, 0.3) is 0 Å². The smallest absolute Gasteiger partial charge is 0.220 e. The number of rotatable bonds is 17. The van der Waals surface area contributed by atoms with Crippen molar-refractivity contribution in [2.75, 3.05) is 7.05 Å². The second-order valence-corrected chi connectivity index (χ2v) is 9.91. The summed E-state index contributed by atoms with van der Waals surface area (Å²) in [6.07, 6.45) is 25.0. The van der Waals surface area contributed by atoms with Crippen molar-refractivity contribution in [1.82, 2.24) is 10.6 Å². The summed E-state index contributed by atoms with van der Waals surface area (Å²) >= 11 is 0. The van der Waals surface area contributed by atoms with Crippen LogP contribution < -0.4 is 10.6 Å². The molecule has 0 aliphatic heterocycles. The second-order valence-electron chi connectivity index (χ2n) is 9.91. The molecule has 0 atom stereocenters. The lowest BCUT2D eigenvalue weighted by molar-refractivity contribution is -0.125. The molecule has 0 heterocycles. The van der Waals surface area contributed by atoms with Gasteiger partial charge in [-0.05, 0) is 44.6 Å². The van der Waals surface area contributed by atoms with Gasteiger partial charge in [0, 0.05) is 18.5 Å². The predicted molar refractivity (Wildman–Crippen MR) is 121 cm³/mol. The molecule has 28 heavy (non-hydrogen) atoms. The van der Waals surface area contributed by atoms with Crippen LogP contribution in [0.2, 0.25) is 0 Å². The molecular formula is C25H48N2O.